The zero-order valence-corrected chi connectivity index (χ0v) is 11.0. The van der Waals surface area contributed by atoms with E-state index in [0.717, 1.165) is 24.3 Å². The fourth-order valence-corrected chi connectivity index (χ4v) is 2.01. The lowest BCUT2D eigenvalue weighted by atomic mass is 9.99. The first-order valence-electron chi connectivity index (χ1n) is 6.48. The molecule has 0 aromatic heterocycles. The summed E-state index contributed by atoms with van der Waals surface area (Å²) in [6.45, 7) is 1.82. The SMILES string of the molecule is CNC(=O)Cc1ccccc1NC(=O)CC1CNC1. The summed E-state index contributed by atoms with van der Waals surface area (Å²) in [5, 5.41) is 8.62. The Kier molecular flexibility index (Phi) is 4.52. The zero-order valence-electron chi connectivity index (χ0n) is 11.0. The third-order valence-corrected chi connectivity index (χ3v) is 3.26. The minimum absolute atomic E-state index is 0.0101. The molecule has 0 saturated carbocycles. The molecule has 5 nitrogen and oxygen atoms in total. The number of likely N-dealkylation sites (N-methyl/N-ethyl adjacent to an activating group) is 1. The van der Waals surface area contributed by atoms with Crippen LogP contribution >= 0.6 is 0 Å². The van der Waals surface area contributed by atoms with Gasteiger partial charge in [-0.25, -0.2) is 0 Å². The molecule has 5 heteroatoms. The summed E-state index contributed by atoms with van der Waals surface area (Å²) in [7, 11) is 1.60. The van der Waals surface area contributed by atoms with Gasteiger partial charge in [0.15, 0.2) is 0 Å². The first-order chi connectivity index (χ1) is 9.19. The van der Waals surface area contributed by atoms with Gasteiger partial charge < -0.3 is 16.0 Å². The Labute approximate surface area is 112 Å². The van der Waals surface area contributed by atoms with Crippen LogP contribution in [0.4, 0.5) is 5.69 Å². The van der Waals surface area contributed by atoms with Crippen molar-refractivity contribution in [2.45, 2.75) is 12.8 Å². The van der Waals surface area contributed by atoms with E-state index < -0.39 is 0 Å². The maximum Gasteiger partial charge on any atom is 0.224 e. The van der Waals surface area contributed by atoms with Crippen molar-refractivity contribution in [1.29, 1.82) is 0 Å². The smallest absolute Gasteiger partial charge is 0.224 e. The number of amides is 2. The quantitative estimate of drug-likeness (QED) is 0.724. The van der Waals surface area contributed by atoms with Crippen LogP contribution in [0.3, 0.4) is 0 Å². The predicted molar refractivity (Wildman–Crippen MR) is 73.8 cm³/mol. The molecule has 0 atom stereocenters. The van der Waals surface area contributed by atoms with Gasteiger partial charge in [0, 0.05) is 19.2 Å². The van der Waals surface area contributed by atoms with Crippen molar-refractivity contribution < 1.29 is 9.59 Å². The minimum atomic E-state index is -0.0649. The Bertz CT molecular complexity index is 470. The van der Waals surface area contributed by atoms with Gasteiger partial charge >= 0.3 is 0 Å². The molecule has 19 heavy (non-hydrogen) atoms. The summed E-state index contributed by atoms with van der Waals surface area (Å²) in [6, 6.07) is 7.41. The number of nitrogens with one attached hydrogen (secondary N) is 3. The van der Waals surface area contributed by atoms with Gasteiger partial charge in [-0.1, -0.05) is 18.2 Å². The van der Waals surface area contributed by atoms with E-state index in [1.165, 1.54) is 0 Å². The van der Waals surface area contributed by atoms with Crippen molar-refractivity contribution in [2.75, 3.05) is 25.5 Å². The second kappa shape index (κ2) is 6.33. The third kappa shape index (κ3) is 3.79. The maximum atomic E-state index is 11.9. The average Bonchev–Trinajstić information content (AvgIpc) is 2.36. The summed E-state index contributed by atoms with van der Waals surface area (Å²) in [5.41, 5.74) is 1.56. The van der Waals surface area contributed by atoms with Crippen LogP contribution in [0.15, 0.2) is 24.3 Å². The van der Waals surface area contributed by atoms with E-state index in [-0.39, 0.29) is 18.2 Å². The lowest BCUT2D eigenvalue weighted by molar-refractivity contribution is -0.120. The Morgan fingerprint density at radius 2 is 2.00 bits per heavy atom. The van der Waals surface area contributed by atoms with Gasteiger partial charge in [-0.05, 0) is 30.6 Å². The number of carbonyl (C=O) groups is 2. The molecule has 1 heterocycles. The first-order valence-corrected chi connectivity index (χ1v) is 6.48. The number of benzene rings is 1. The number of hydrogen-bond acceptors (Lipinski definition) is 3. The largest absolute Gasteiger partial charge is 0.359 e. The molecule has 0 unspecified atom stereocenters. The highest BCUT2D eigenvalue weighted by molar-refractivity contribution is 5.92. The number of carbonyl (C=O) groups excluding carboxylic acids is 2. The molecule has 0 spiro atoms. The molecule has 3 N–H and O–H groups in total. The summed E-state index contributed by atoms with van der Waals surface area (Å²) < 4.78 is 0. The zero-order chi connectivity index (χ0) is 13.7. The number of anilines is 1. The molecule has 1 aromatic carbocycles. The summed E-state index contributed by atoms with van der Waals surface area (Å²) >= 11 is 0. The third-order valence-electron chi connectivity index (χ3n) is 3.26. The molecule has 1 saturated heterocycles. The van der Waals surface area contributed by atoms with Crippen LogP contribution < -0.4 is 16.0 Å². The van der Waals surface area contributed by atoms with Crippen LogP contribution in [0.5, 0.6) is 0 Å². The fourth-order valence-electron chi connectivity index (χ4n) is 2.01. The van der Waals surface area contributed by atoms with Crippen molar-refractivity contribution in [3.63, 3.8) is 0 Å². The molecule has 0 radical (unpaired) electrons. The van der Waals surface area contributed by atoms with Crippen molar-refractivity contribution in [3.8, 4) is 0 Å². The summed E-state index contributed by atoms with van der Waals surface area (Å²) in [6.07, 6.45) is 0.805. The van der Waals surface area contributed by atoms with E-state index in [2.05, 4.69) is 16.0 Å². The first kappa shape index (κ1) is 13.5. The van der Waals surface area contributed by atoms with Gasteiger partial charge in [-0.15, -0.1) is 0 Å². The Morgan fingerprint density at radius 1 is 1.26 bits per heavy atom. The summed E-state index contributed by atoms with van der Waals surface area (Å²) in [5.74, 6) is 0.381. The van der Waals surface area contributed by atoms with Crippen molar-refractivity contribution >= 4 is 17.5 Å². The van der Waals surface area contributed by atoms with E-state index in [9.17, 15) is 9.59 Å². The maximum absolute atomic E-state index is 11.9. The van der Waals surface area contributed by atoms with E-state index in [0.29, 0.717) is 12.3 Å². The van der Waals surface area contributed by atoms with E-state index in [4.69, 9.17) is 0 Å². The van der Waals surface area contributed by atoms with Crippen LogP contribution in [-0.4, -0.2) is 32.0 Å². The highest BCUT2D eigenvalue weighted by atomic mass is 16.2. The number of hydrogen-bond donors (Lipinski definition) is 3. The fraction of sp³-hybridized carbons (Fsp3) is 0.429. The van der Waals surface area contributed by atoms with Gasteiger partial charge in [0.25, 0.3) is 0 Å². The van der Waals surface area contributed by atoms with Crippen molar-refractivity contribution in [1.82, 2.24) is 10.6 Å². The lowest BCUT2D eigenvalue weighted by Crippen LogP contribution is -2.43. The van der Waals surface area contributed by atoms with Crippen LogP contribution in [0.25, 0.3) is 0 Å². The predicted octanol–water partition coefficient (Wildman–Crippen LogP) is 0.523. The second-order valence-corrected chi connectivity index (χ2v) is 4.78. The minimum Gasteiger partial charge on any atom is -0.359 e. The van der Waals surface area contributed by atoms with Gasteiger partial charge in [0.1, 0.15) is 0 Å². The number of para-hydroxylation sites is 1. The normalized spacial score (nSPS) is 14.6. The average molecular weight is 261 g/mol. The molecule has 2 amide bonds. The van der Waals surface area contributed by atoms with Crippen LogP contribution in [0.1, 0.15) is 12.0 Å². The molecule has 1 aliphatic heterocycles. The lowest BCUT2D eigenvalue weighted by Gasteiger charge is -2.26. The molecule has 1 aliphatic rings. The van der Waals surface area contributed by atoms with Gasteiger partial charge in [-0.2, -0.15) is 0 Å². The van der Waals surface area contributed by atoms with Gasteiger partial charge in [0.2, 0.25) is 11.8 Å². The molecule has 1 aromatic rings. The van der Waals surface area contributed by atoms with Crippen molar-refractivity contribution in [2.24, 2.45) is 5.92 Å². The topological polar surface area (TPSA) is 70.2 Å². The van der Waals surface area contributed by atoms with Crippen LogP contribution in [0, 0.1) is 5.92 Å². The highest BCUT2D eigenvalue weighted by Gasteiger charge is 2.20. The Hall–Kier alpha value is -1.88. The van der Waals surface area contributed by atoms with Gasteiger partial charge in [-0.3, -0.25) is 9.59 Å². The van der Waals surface area contributed by atoms with E-state index in [1.54, 1.807) is 7.05 Å². The second-order valence-electron chi connectivity index (χ2n) is 4.78. The Morgan fingerprint density at radius 3 is 2.63 bits per heavy atom. The molecule has 0 bridgehead atoms. The van der Waals surface area contributed by atoms with Crippen molar-refractivity contribution in [3.05, 3.63) is 29.8 Å². The van der Waals surface area contributed by atoms with E-state index >= 15 is 0 Å². The number of rotatable bonds is 5. The monoisotopic (exact) mass is 261 g/mol. The molecular formula is C14H19N3O2. The van der Waals surface area contributed by atoms with Gasteiger partial charge in [0.05, 0.1) is 6.42 Å². The van der Waals surface area contributed by atoms with E-state index in [1.807, 2.05) is 24.3 Å². The standard InChI is InChI=1S/C14H19N3O2/c1-15-13(18)7-11-4-2-3-5-12(11)17-14(19)6-10-8-16-9-10/h2-5,10,16H,6-9H2,1H3,(H,15,18)(H,17,19). The Balaban J connectivity index is 1.98. The molecule has 2 rings (SSSR count). The molecule has 1 fully saturated rings. The molecular weight excluding hydrogens is 242 g/mol. The summed E-state index contributed by atoms with van der Waals surface area (Å²) in [4.78, 5) is 23.3. The highest BCUT2D eigenvalue weighted by Crippen LogP contribution is 2.17. The molecule has 102 valence electrons. The molecule has 0 aliphatic carbocycles. The van der Waals surface area contributed by atoms with Crippen LogP contribution in [0.2, 0.25) is 0 Å². The van der Waals surface area contributed by atoms with Crippen LogP contribution in [-0.2, 0) is 16.0 Å².